The highest BCUT2D eigenvalue weighted by Gasteiger charge is 2.20. The Kier molecular flexibility index (Phi) is 4.34. The quantitative estimate of drug-likeness (QED) is 0.485. The Labute approximate surface area is 116 Å². The number of benzene rings is 1. The van der Waals surface area contributed by atoms with Crippen LogP contribution in [0.2, 0.25) is 0 Å². The van der Waals surface area contributed by atoms with Gasteiger partial charge in [0, 0.05) is 17.0 Å². The monoisotopic (exact) mass is 274 g/mol. The first kappa shape index (κ1) is 14.5. The van der Waals surface area contributed by atoms with E-state index in [0.29, 0.717) is 11.0 Å². The molecule has 0 fully saturated rings. The molecule has 6 nitrogen and oxygen atoms in total. The minimum Gasteiger partial charge on any atom is -0.468 e. The van der Waals surface area contributed by atoms with Gasteiger partial charge in [0.1, 0.15) is 6.04 Å². The molecule has 20 heavy (non-hydrogen) atoms. The van der Waals surface area contributed by atoms with Gasteiger partial charge in [-0.05, 0) is 18.1 Å². The highest BCUT2D eigenvalue weighted by molar-refractivity contribution is 6.61. The summed E-state index contributed by atoms with van der Waals surface area (Å²) < 4.78 is 4.60. The van der Waals surface area contributed by atoms with Gasteiger partial charge in [0.2, 0.25) is 0 Å². The summed E-state index contributed by atoms with van der Waals surface area (Å²) in [6.45, 7) is 0. The number of carbonyl (C=O) groups is 1. The predicted octanol–water partition coefficient (Wildman–Crippen LogP) is -1.04. The fourth-order valence-electron chi connectivity index (χ4n) is 2.11. The van der Waals surface area contributed by atoms with Crippen LogP contribution in [0.15, 0.2) is 30.5 Å². The molecule has 0 saturated heterocycles. The molecular weight excluding hydrogens is 259 g/mol. The second kappa shape index (κ2) is 6.00. The zero-order chi connectivity index (χ0) is 14.7. The molecule has 104 valence electrons. The first-order valence-corrected chi connectivity index (χ1v) is 6.10. The van der Waals surface area contributed by atoms with E-state index in [-0.39, 0.29) is 6.42 Å². The largest absolute Gasteiger partial charge is 0.490 e. The van der Waals surface area contributed by atoms with E-state index in [1.165, 1.54) is 7.11 Å². The maximum atomic E-state index is 11.4. The Balaban J connectivity index is 2.46. The van der Waals surface area contributed by atoms with Crippen molar-refractivity contribution in [2.24, 2.45) is 5.73 Å². The van der Waals surface area contributed by atoms with Gasteiger partial charge < -0.3 is 20.5 Å². The highest BCUT2D eigenvalue weighted by Crippen LogP contribution is 2.17. The number of hydrogen-bond donors (Lipinski definition) is 3. The number of hydrogen-bond acceptors (Lipinski definition) is 6. The number of aromatic nitrogens is 1. The average molecular weight is 274 g/mol. The van der Waals surface area contributed by atoms with Crippen LogP contribution < -0.4 is 11.2 Å². The van der Waals surface area contributed by atoms with Gasteiger partial charge in [-0.3, -0.25) is 9.78 Å². The van der Waals surface area contributed by atoms with Crippen LogP contribution in [0.3, 0.4) is 0 Å². The normalized spacial score (nSPS) is 12.2. The number of pyridine rings is 1. The number of rotatable bonds is 4. The number of nitrogens with zero attached hydrogens (tertiary/aromatic N) is 1. The van der Waals surface area contributed by atoms with Crippen LogP contribution in [0.25, 0.3) is 10.9 Å². The molecule has 1 aromatic heterocycles. The molecule has 0 unspecified atom stereocenters. The number of esters is 1. The lowest BCUT2D eigenvalue weighted by atomic mass is 9.77. The molecule has 7 heteroatoms. The number of nitrogens with two attached hydrogens (primary N) is 1. The van der Waals surface area contributed by atoms with Crippen molar-refractivity contribution >= 4 is 29.5 Å². The van der Waals surface area contributed by atoms with Crippen LogP contribution in [-0.4, -0.2) is 41.3 Å². The summed E-state index contributed by atoms with van der Waals surface area (Å²) in [5.74, 6) is -0.492. The van der Waals surface area contributed by atoms with Crippen molar-refractivity contribution in [3.05, 3.63) is 36.0 Å². The maximum Gasteiger partial charge on any atom is 0.490 e. The Hall–Kier alpha value is -1.96. The summed E-state index contributed by atoms with van der Waals surface area (Å²) >= 11 is 0. The van der Waals surface area contributed by atoms with E-state index in [9.17, 15) is 14.8 Å². The second-order valence-electron chi connectivity index (χ2n) is 4.42. The number of methoxy groups -OCH3 is 1. The molecule has 0 radical (unpaired) electrons. The molecule has 4 N–H and O–H groups in total. The summed E-state index contributed by atoms with van der Waals surface area (Å²) in [6.07, 6.45) is 1.86. The summed E-state index contributed by atoms with van der Waals surface area (Å²) in [5, 5.41) is 19.4. The number of fused-ring (bicyclic) bond motifs is 1. The predicted molar refractivity (Wildman–Crippen MR) is 75.3 cm³/mol. The van der Waals surface area contributed by atoms with Crippen molar-refractivity contribution in [1.29, 1.82) is 0 Å². The third-order valence-corrected chi connectivity index (χ3v) is 3.11. The highest BCUT2D eigenvalue weighted by atomic mass is 16.5. The van der Waals surface area contributed by atoms with Gasteiger partial charge >= 0.3 is 13.1 Å². The van der Waals surface area contributed by atoms with Crippen LogP contribution in [0, 0.1) is 0 Å². The van der Waals surface area contributed by atoms with Gasteiger partial charge in [0.15, 0.2) is 0 Å². The van der Waals surface area contributed by atoms with Gasteiger partial charge in [0.25, 0.3) is 0 Å². The summed E-state index contributed by atoms with van der Waals surface area (Å²) in [6, 6.07) is 6.05. The Morgan fingerprint density at radius 2 is 2.20 bits per heavy atom. The number of carbonyl (C=O) groups excluding carboxylic acids is 1. The zero-order valence-electron chi connectivity index (χ0n) is 11.0. The lowest BCUT2D eigenvalue weighted by molar-refractivity contribution is -0.142. The molecule has 1 atom stereocenters. The molecular formula is C13H15BN2O4. The van der Waals surface area contributed by atoms with Gasteiger partial charge in [-0.25, -0.2) is 0 Å². The molecule has 0 bridgehead atoms. The molecule has 0 spiro atoms. The van der Waals surface area contributed by atoms with Crippen LogP contribution in [-0.2, 0) is 16.0 Å². The molecule has 0 aliphatic rings. The Bertz CT molecular complexity index is 633. The minimum absolute atomic E-state index is 0.288. The van der Waals surface area contributed by atoms with Crippen LogP contribution in [0.5, 0.6) is 0 Å². The SMILES string of the molecule is COC(=O)[C@@H](N)Cc1ccc(B(O)O)c2ncccc12. The second-order valence-corrected chi connectivity index (χ2v) is 4.42. The molecule has 2 rings (SSSR count). The minimum atomic E-state index is -1.60. The van der Waals surface area contributed by atoms with Crippen molar-refractivity contribution in [2.75, 3.05) is 7.11 Å². The summed E-state index contributed by atoms with van der Waals surface area (Å²) in [4.78, 5) is 15.5. The molecule has 0 amide bonds. The first-order valence-electron chi connectivity index (χ1n) is 6.10. The van der Waals surface area contributed by atoms with E-state index in [4.69, 9.17) is 5.73 Å². The smallest absolute Gasteiger partial charge is 0.468 e. The third-order valence-electron chi connectivity index (χ3n) is 3.11. The van der Waals surface area contributed by atoms with Crippen molar-refractivity contribution in [3.8, 4) is 0 Å². The Morgan fingerprint density at radius 3 is 2.85 bits per heavy atom. The topological polar surface area (TPSA) is 106 Å². The molecule has 0 aliphatic heterocycles. The molecule has 0 saturated carbocycles. The number of ether oxygens (including phenoxy) is 1. The third kappa shape index (κ3) is 2.80. The van der Waals surface area contributed by atoms with Crippen molar-refractivity contribution < 1.29 is 19.6 Å². The van der Waals surface area contributed by atoms with Crippen LogP contribution in [0.1, 0.15) is 5.56 Å². The van der Waals surface area contributed by atoms with Crippen molar-refractivity contribution in [3.63, 3.8) is 0 Å². The van der Waals surface area contributed by atoms with Crippen LogP contribution >= 0.6 is 0 Å². The molecule has 0 aliphatic carbocycles. The fourth-order valence-corrected chi connectivity index (χ4v) is 2.11. The van der Waals surface area contributed by atoms with E-state index in [1.54, 1.807) is 30.5 Å². The lowest BCUT2D eigenvalue weighted by Gasteiger charge is -2.13. The summed E-state index contributed by atoms with van der Waals surface area (Å²) in [7, 11) is -0.316. The van der Waals surface area contributed by atoms with E-state index >= 15 is 0 Å². The van der Waals surface area contributed by atoms with Gasteiger partial charge in [0.05, 0.1) is 12.6 Å². The Morgan fingerprint density at radius 1 is 1.45 bits per heavy atom. The van der Waals surface area contributed by atoms with Crippen molar-refractivity contribution in [2.45, 2.75) is 12.5 Å². The van der Waals surface area contributed by atoms with E-state index in [1.807, 2.05) is 0 Å². The van der Waals surface area contributed by atoms with Gasteiger partial charge in [-0.2, -0.15) is 0 Å². The molecule has 2 aromatic rings. The lowest BCUT2D eigenvalue weighted by Crippen LogP contribution is -2.34. The average Bonchev–Trinajstić information content (AvgIpc) is 2.46. The zero-order valence-corrected chi connectivity index (χ0v) is 11.0. The fraction of sp³-hybridized carbons (Fsp3) is 0.231. The molecule has 1 aromatic carbocycles. The summed E-state index contributed by atoms with van der Waals surface area (Å²) in [5.41, 5.74) is 7.36. The first-order chi connectivity index (χ1) is 9.54. The van der Waals surface area contributed by atoms with E-state index in [0.717, 1.165) is 10.9 Å². The van der Waals surface area contributed by atoms with E-state index < -0.39 is 19.1 Å². The standard InChI is InChI=1S/C13H15BN2O4/c1-20-13(17)11(15)7-8-4-5-10(14(18)19)12-9(8)3-2-6-16-12/h2-6,11,18-19H,7,15H2,1H3/t11-/m0/s1. The molecule has 1 heterocycles. The van der Waals surface area contributed by atoms with Gasteiger partial charge in [-0.1, -0.05) is 18.2 Å². The van der Waals surface area contributed by atoms with Crippen LogP contribution in [0.4, 0.5) is 0 Å². The van der Waals surface area contributed by atoms with Crippen molar-refractivity contribution in [1.82, 2.24) is 4.98 Å². The van der Waals surface area contributed by atoms with Gasteiger partial charge in [-0.15, -0.1) is 0 Å². The van der Waals surface area contributed by atoms with E-state index in [2.05, 4.69) is 9.72 Å². The maximum absolute atomic E-state index is 11.4.